The first-order valence-electron chi connectivity index (χ1n) is 8.62. The van der Waals surface area contributed by atoms with Gasteiger partial charge in [-0.05, 0) is 69.2 Å². The number of benzene rings is 2. The van der Waals surface area contributed by atoms with Crippen LogP contribution in [0.2, 0.25) is 0 Å². The fourth-order valence-corrected chi connectivity index (χ4v) is 4.08. The number of amides is 1. The van der Waals surface area contributed by atoms with Crippen molar-refractivity contribution in [2.45, 2.75) is 38.6 Å². The van der Waals surface area contributed by atoms with Gasteiger partial charge in [0.15, 0.2) is 0 Å². The average molecular weight is 391 g/mol. The van der Waals surface area contributed by atoms with E-state index in [1.54, 1.807) is 27.0 Å². The molecule has 0 aliphatic heterocycles. The maximum Gasteiger partial charge on any atom is 0.258 e. The molecule has 0 fully saturated rings. The highest BCUT2D eigenvalue weighted by molar-refractivity contribution is 7.89. The summed E-state index contributed by atoms with van der Waals surface area (Å²) in [5, 5.41) is 0. The maximum atomic E-state index is 12.9. The fourth-order valence-electron chi connectivity index (χ4n) is 2.64. The van der Waals surface area contributed by atoms with Crippen LogP contribution in [0.4, 0.5) is 5.69 Å². The molecule has 6 nitrogen and oxygen atoms in total. The number of rotatable bonds is 6. The topological polar surface area (TPSA) is 75.7 Å². The van der Waals surface area contributed by atoms with E-state index >= 15 is 0 Å². The molecule has 146 valence electrons. The van der Waals surface area contributed by atoms with Gasteiger partial charge in [0.25, 0.3) is 5.91 Å². The number of nitrogens with one attached hydrogen (secondary N) is 1. The SMILES string of the molecule is COc1ccc(C(=O)N(C)c2ccc(C)c(C)c2)cc1S(=O)(=O)NC(C)C. The highest BCUT2D eigenvalue weighted by Crippen LogP contribution is 2.27. The molecule has 27 heavy (non-hydrogen) atoms. The predicted octanol–water partition coefficient (Wildman–Crippen LogP) is 3.28. The summed E-state index contributed by atoms with van der Waals surface area (Å²) in [6.45, 7) is 7.44. The second-order valence-electron chi connectivity index (χ2n) is 6.77. The monoisotopic (exact) mass is 390 g/mol. The largest absolute Gasteiger partial charge is 0.495 e. The highest BCUT2D eigenvalue weighted by Gasteiger charge is 2.23. The molecule has 2 rings (SSSR count). The summed E-state index contributed by atoms with van der Waals surface area (Å²) < 4.78 is 32.9. The molecule has 0 aromatic heterocycles. The van der Waals surface area contributed by atoms with Crippen LogP contribution < -0.4 is 14.4 Å². The van der Waals surface area contributed by atoms with Gasteiger partial charge in [0.1, 0.15) is 10.6 Å². The minimum atomic E-state index is -3.81. The lowest BCUT2D eigenvalue weighted by Crippen LogP contribution is -2.31. The van der Waals surface area contributed by atoms with Crippen molar-refractivity contribution < 1.29 is 17.9 Å². The van der Waals surface area contributed by atoms with E-state index in [1.807, 2.05) is 32.0 Å². The van der Waals surface area contributed by atoms with Gasteiger partial charge >= 0.3 is 0 Å². The summed E-state index contributed by atoms with van der Waals surface area (Å²) in [4.78, 5) is 14.4. The third-order valence-electron chi connectivity index (χ3n) is 4.27. The zero-order valence-electron chi connectivity index (χ0n) is 16.5. The Morgan fingerprint density at radius 1 is 1.07 bits per heavy atom. The molecule has 0 aliphatic carbocycles. The van der Waals surface area contributed by atoms with E-state index < -0.39 is 10.0 Å². The van der Waals surface area contributed by atoms with Crippen LogP contribution in [0.5, 0.6) is 5.75 Å². The van der Waals surface area contributed by atoms with E-state index in [1.165, 1.54) is 24.1 Å². The van der Waals surface area contributed by atoms with Crippen LogP contribution >= 0.6 is 0 Å². The number of hydrogen-bond acceptors (Lipinski definition) is 4. The normalized spacial score (nSPS) is 11.5. The first-order chi connectivity index (χ1) is 12.6. The smallest absolute Gasteiger partial charge is 0.258 e. The molecule has 0 aliphatic rings. The lowest BCUT2D eigenvalue weighted by molar-refractivity contribution is 0.0992. The summed E-state index contributed by atoms with van der Waals surface area (Å²) >= 11 is 0. The number of ether oxygens (including phenoxy) is 1. The molecule has 0 heterocycles. The van der Waals surface area contributed by atoms with Crippen molar-refractivity contribution >= 4 is 21.6 Å². The van der Waals surface area contributed by atoms with Gasteiger partial charge in [-0.3, -0.25) is 4.79 Å². The van der Waals surface area contributed by atoms with Crippen LogP contribution in [0.1, 0.15) is 35.3 Å². The number of sulfonamides is 1. The Bertz CT molecular complexity index is 952. The molecule has 0 bridgehead atoms. The molecule has 2 aromatic carbocycles. The molecule has 0 saturated carbocycles. The Kier molecular flexibility index (Phi) is 6.28. The molecule has 2 aromatic rings. The van der Waals surface area contributed by atoms with Crippen LogP contribution in [0.3, 0.4) is 0 Å². The quantitative estimate of drug-likeness (QED) is 0.821. The average Bonchev–Trinajstić information content (AvgIpc) is 2.61. The molecule has 0 saturated heterocycles. The van der Waals surface area contributed by atoms with Crippen molar-refractivity contribution in [1.82, 2.24) is 4.72 Å². The third kappa shape index (κ3) is 4.67. The number of hydrogen-bond donors (Lipinski definition) is 1. The molecule has 0 radical (unpaired) electrons. The zero-order chi connectivity index (χ0) is 20.4. The molecule has 1 amide bonds. The van der Waals surface area contributed by atoms with Gasteiger partial charge in [-0.1, -0.05) is 6.07 Å². The molecule has 1 N–H and O–H groups in total. The van der Waals surface area contributed by atoms with Crippen molar-refractivity contribution in [3.63, 3.8) is 0 Å². The van der Waals surface area contributed by atoms with Crippen molar-refractivity contribution in [2.75, 3.05) is 19.1 Å². The van der Waals surface area contributed by atoms with Crippen molar-refractivity contribution in [2.24, 2.45) is 0 Å². The summed E-state index contributed by atoms with van der Waals surface area (Å²) in [7, 11) is -0.748. The highest BCUT2D eigenvalue weighted by atomic mass is 32.2. The Morgan fingerprint density at radius 2 is 1.74 bits per heavy atom. The minimum absolute atomic E-state index is 0.0574. The summed E-state index contributed by atoms with van der Waals surface area (Å²) in [6, 6.07) is 9.87. The van der Waals surface area contributed by atoms with Crippen LogP contribution in [-0.4, -0.2) is 34.5 Å². The maximum absolute atomic E-state index is 12.9. The summed E-state index contributed by atoms with van der Waals surface area (Å²) in [6.07, 6.45) is 0. The molecular formula is C20H26N2O4S. The fraction of sp³-hybridized carbons (Fsp3) is 0.350. The number of aryl methyl sites for hydroxylation is 2. The molecule has 0 unspecified atom stereocenters. The molecule has 0 atom stereocenters. The minimum Gasteiger partial charge on any atom is -0.495 e. The Morgan fingerprint density at radius 3 is 2.30 bits per heavy atom. The van der Waals surface area contributed by atoms with Gasteiger partial charge in [-0.25, -0.2) is 13.1 Å². The van der Waals surface area contributed by atoms with Gasteiger partial charge in [-0.2, -0.15) is 0 Å². The van der Waals surface area contributed by atoms with Gasteiger partial charge in [-0.15, -0.1) is 0 Å². The molecular weight excluding hydrogens is 364 g/mol. The standard InChI is InChI=1S/C20H26N2O4S/c1-13(2)21-27(24,25)19-12-16(8-10-18(19)26-6)20(23)22(5)17-9-7-14(3)15(4)11-17/h7-13,21H,1-6H3. The second-order valence-corrected chi connectivity index (χ2v) is 8.46. The lowest BCUT2D eigenvalue weighted by atomic mass is 10.1. The first kappa shape index (κ1) is 20.9. The summed E-state index contributed by atoms with van der Waals surface area (Å²) in [5.41, 5.74) is 3.22. The van der Waals surface area contributed by atoms with E-state index in [4.69, 9.17) is 4.74 Å². The summed E-state index contributed by atoms with van der Waals surface area (Å²) in [5.74, 6) is -0.115. The van der Waals surface area contributed by atoms with E-state index in [9.17, 15) is 13.2 Å². The van der Waals surface area contributed by atoms with E-state index in [0.717, 1.165) is 16.8 Å². The predicted molar refractivity (Wildman–Crippen MR) is 107 cm³/mol. The van der Waals surface area contributed by atoms with Gasteiger partial charge in [0.05, 0.1) is 7.11 Å². The van der Waals surface area contributed by atoms with Crippen LogP contribution in [-0.2, 0) is 10.0 Å². The van der Waals surface area contributed by atoms with E-state index in [-0.39, 0.29) is 28.2 Å². The Balaban J connectivity index is 2.44. The first-order valence-corrected chi connectivity index (χ1v) is 10.1. The lowest BCUT2D eigenvalue weighted by Gasteiger charge is -2.20. The number of methoxy groups -OCH3 is 1. The van der Waals surface area contributed by atoms with Crippen molar-refractivity contribution in [3.8, 4) is 5.75 Å². The van der Waals surface area contributed by atoms with Gasteiger partial charge < -0.3 is 9.64 Å². The van der Waals surface area contributed by atoms with E-state index in [0.29, 0.717) is 0 Å². The number of carbonyl (C=O) groups excluding carboxylic acids is 1. The Labute approximate surface area is 161 Å². The van der Waals surface area contributed by atoms with Gasteiger partial charge in [0.2, 0.25) is 10.0 Å². The zero-order valence-corrected chi connectivity index (χ0v) is 17.3. The second kappa shape index (κ2) is 8.10. The number of carbonyl (C=O) groups is 1. The van der Waals surface area contributed by atoms with Crippen LogP contribution in [0.25, 0.3) is 0 Å². The van der Waals surface area contributed by atoms with E-state index in [2.05, 4.69) is 4.72 Å². The van der Waals surface area contributed by atoms with Crippen LogP contribution in [0.15, 0.2) is 41.3 Å². The Hall–Kier alpha value is -2.38. The number of nitrogens with zero attached hydrogens (tertiary/aromatic N) is 1. The molecule has 7 heteroatoms. The number of anilines is 1. The van der Waals surface area contributed by atoms with Gasteiger partial charge in [0, 0.05) is 24.3 Å². The molecule has 0 spiro atoms. The van der Waals surface area contributed by atoms with Crippen molar-refractivity contribution in [3.05, 3.63) is 53.1 Å². The third-order valence-corrected chi connectivity index (χ3v) is 5.95. The van der Waals surface area contributed by atoms with Crippen LogP contribution in [0, 0.1) is 13.8 Å². The van der Waals surface area contributed by atoms with Crippen molar-refractivity contribution in [1.29, 1.82) is 0 Å².